The number of rotatable bonds is 1. The molecule has 0 amide bonds. The fraction of sp³-hybridized carbons (Fsp3) is 0.130. The van der Waals surface area contributed by atoms with E-state index < -0.39 is 0 Å². The highest BCUT2D eigenvalue weighted by Crippen LogP contribution is 2.30. The van der Waals surface area contributed by atoms with Crippen LogP contribution in [0.3, 0.4) is 0 Å². The second-order valence-corrected chi connectivity index (χ2v) is 6.10. The van der Waals surface area contributed by atoms with Crippen molar-refractivity contribution in [2.45, 2.75) is 20.8 Å². The Bertz CT molecular complexity index is 1220. The third kappa shape index (κ3) is 2.44. The van der Waals surface area contributed by atoms with E-state index in [4.69, 9.17) is 0 Å². The molecular weight excluding hydrogens is 318 g/mol. The van der Waals surface area contributed by atoms with Crippen molar-refractivity contribution in [1.29, 1.82) is 0 Å². The number of aromatic nitrogens is 3. The van der Waals surface area contributed by atoms with Crippen LogP contribution < -0.4 is 0 Å². The van der Waals surface area contributed by atoms with Gasteiger partial charge in [-0.05, 0) is 34.7 Å². The molecule has 0 aliphatic heterocycles. The maximum absolute atomic E-state index is 4.51. The van der Waals surface area contributed by atoms with E-state index in [1.54, 1.807) is 0 Å². The second-order valence-electron chi connectivity index (χ2n) is 6.10. The molecule has 0 bridgehead atoms. The van der Waals surface area contributed by atoms with Crippen molar-refractivity contribution in [2.75, 3.05) is 0 Å². The fourth-order valence-electron chi connectivity index (χ4n) is 3.46. The van der Waals surface area contributed by atoms with Crippen LogP contribution in [0.25, 0.3) is 38.6 Å². The number of fused-ring (bicyclic) bond motifs is 4. The molecule has 26 heavy (non-hydrogen) atoms. The molecule has 0 fully saturated rings. The Morgan fingerprint density at radius 2 is 1.42 bits per heavy atom. The fourth-order valence-corrected chi connectivity index (χ4v) is 3.46. The maximum Gasteiger partial charge on any atom is 0.168 e. The number of hydrogen-bond donors (Lipinski definition) is 0. The van der Waals surface area contributed by atoms with Crippen LogP contribution in [0.1, 0.15) is 19.4 Å². The minimum Gasteiger partial charge on any atom is -0.282 e. The van der Waals surface area contributed by atoms with Crippen LogP contribution in [0.5, 0.6) is 0 Å². The lowest BCUT2D eigenvalue weighted by Crippen LogP contribution is -1.91. The third-order valence-electron chi connectivity index (χ3n) is 4.68. The van der Waals surface area contributed by atoms with Crippen molar-refractivity contribution >= 4 is 27.2 Å². The summed E-state index contributed by atoms with van der Waals surface area (Å²) in [6.07, 6.45) is 2.06. The van der Waals surface area contributed by atoms with Crippen molar-refractivity contribution in [3.63, 3.8) is 0 Å². The Hall–Kier alpha value is -3.20. The van der Waals surface area contributed by atoms with Gasteiger partial charge in [-0.3, -0.25) is 4.40 Å². The molecule has 3 nitrogen and oxygen atoms in total. The smallest absolute Gasteiger partial charge is 0.168 e. The highest BCUT2D eigenvalue weighted by molar-refractivity contribution is 5.99. The van der Waals surface area contributed by atoms with Gasteiger partial charge in [-0.25, -0.2) is 0 Å². The highest BCUT2D eigenvalue weighted by Gasteiger charge is 2.13. The molecule has 0 spiro atoms. The van der Waals surface area contributed by atoms with Crippen LogP contribution in [-0.4, -0.2) is 14.6 Å². The van der Waals surface area contributed by atoms with Gasteiger partial charge in [-0.2, -0.15) is 0 Å². The predicted molar refractivity (Wildman–Crippen MR) is 110 cm³/mol. The van der Waals surface area contributed by atoms with Gasteiger partial charge >= 0.3 is 0 Å². The van der Waals surface area contributed by atoms with Crippen molar-refractivity contribution in [1.82, 2.24) is 14.6 Å². The average molecular weight is 339 g/mol. The van der Waals surface area contributed by atoms with Gasteiger partial charge in [0.1, 0.15) is 0 Å². The lowest BCUT2D eigenvalue weighted by molar-refractivity contribution is 1.11. The Morgan fingerprint density at radius 3 is 2.31 bits per heavy atom. The zero-order valence-electron chi connectivity index (χ0n) is 15.3. The number of hydrogen-bond acceptors (Lipinski definition) is 2. The first-order valence-corrected chi connectivity index (χ1v) is 9.04. The van der Waals surface area contributed by atoms with Gasteiger partial charge in [0.05, 0.1) is 0 Å². The van der Waals surface area contributed by atoms with E-state index >= 15 is 0 Å². The topological polar surface area (TPSA) is 30.2 Å². The van der Waals surface area contributed by atoms with E-state index in [2.05, 4.69) is 82.3 Å². The van der Waals surface area contributed by atoms with E-state index in [0.717, 1.165) is 22.4 Å². The van der Waals surface area contributed by atoms with Crippen molar-refractivity contribution in [3.8, 4) is 11.4 Å². The van der Waals surface area contributed by atoms with Gasteiger partial charge in [0.15, 0.2) is 11.5 Å². The molecular formula is C23H21N3. The van der Waals surface area contributed by atoms with Crippen molar-refractivity contribution < 1.29 is 0 Å². The SMILES string of the molecule is CC.Cc1cccc2c(-c3nnc4c5ccccc5ccn34)cccc12. The standard InChI is InChI=1S/C21H15N3.C2H6/c1-14-6-4-10-18-16(14)9-5-11-19(18)21-23-22-20-17-8-3-2-7-15(17)12-13-24(20)21;1-2/h2-13H,1H3;1-2H3. The highest BCUT2D eigenvalue weighted by atomic mass is 15.2. The maximum atomic E-state index is 4.51. The first kappa shape index (κ1) is 16.3. The summed E-state index contributed by atoms with van der Waals surface area (Å²) < 4.78 is 2.08. The monoisotopic (exact) mass is 339 g/mol. The molecule has 3 heteroatoms. The quantitative estimate of drug-likeness (QED) is 0.373. The molecule has 5 aromatic rings. The molecule has 2 heterocycles. The minimum atomic E-state index is 0.881. The Balaban J connectivity index is 0.000000814. The molecule has 0 unspecified atom stereocenters. The van der Waals surface area contributed by atoms with E-state index in [0.29, 0.717) is 0 Å². The van der Waals surface area contributed by atoms with Gasteiger partial charge < -0.3 is 0 Å². The number of benzene rings is 3. The second kappa shape index (κ2) is 6.60. The van der Waals surface area contributed by atoms with E-state index in [1.165, 1.54) is 21.7 Å². The molecule has 0 saturated carbocycles. The number of nitrogens with zero attached hydrogens (tertiary/aromatic N) is 3. The largest absolute Gasteiger partial charge is 0.282 e. The summed E-state index contributed by atoms with van der Waals surface area (Å²) in [7, 11) is 0. The predicted octanol–water partition coefficient (Wildman–Crippen LogP) is 6.04. The first-order chi connectivity index (χ1) is 12.8. The summed E-state index contributed by atoms with van der Waals surface area (Å²) in [6, 6.07) is 23.2. The lowest BCUT2D eigenvalue weighted by Gasteiger charge is -2.08. The molecule has 128 valence electrons. The Kier molecular flexibility index (Phi) is 4.13. The van der Waals surface area contributed by atoms with Crippen LogP contribution in [0.2, 0.25) is 0 Å². The Labute approximate surface area is 152 Å². The average Bonchev–Trinajstić information content (AvgIpc) is 3.14. The van der Waals surface area contributed by atoms with E-state index in [9.17, 15) is 0 Å². The molecule has 2 aromatic heterocycles. The zero-order valence-corrected chi connectivity index (χ0v) is 15.3. The van der Waals surface area contributed by atoms with Crippen molar-refractivity contribution in [3.05, 3.63) is 78.5 Å². The summed E-state index contributed by atoms with van der Waals surface area (Å²) in [5.41, 5.74) is 3.28. The Morgan fingerprint density at radius 1 is 0.692 bits per heavy atom. The molecule has 0 aliphatic carbocycles. The molecule has 0 N–H and O–H groups in total. The van der Waals surface area contributed by atoms with Crippen LogP contribution in [-0.2, 0) is 0 Å². The lowest BCUT2D eigenvalue weighted by atomic mass is 10.0. The molecule has 3 aromatic carbocycles. The van der Waals surface area contributed by atoms with Gasteiger partial charge in [-0.1, -0.05) is 74.5 Å². The van der Waals surface area contributed by atoms with E-state index in [1.807, 2.05) is 26.0 Å². The van der Waals surface area contributed by atoms with Crippen LogP contribution in [0.15, 0.2) is 72.9 Å². The van der Waals surface area contributed by atoms with E-state index in [-0.39, 0.29) is 0 Å². The molecule has 0 radical (unpaired) electrons. The zero-order chi connectivity index (χ0) is 18.1. The molecule has 0 aliphatic rings. The summed E-state index contributed by atoms with van der Waals surface area (Å²) in [5.74, 6) is 0.881. The summed E-state index contributed by atoms with van der Waals surface area (Å²) >= 11 is 0. The molecule has 0 atom stereocenters. The number of aryl methyl sites for hydroxylation is 1. The molecule has 0 saturated heterocycles. The van der Waals surface area contributed by atoms with Crippen LogP contribution >= 0.6 is 0 Å². The summed E-state index contributed by atoms with van der Waals surface area (Å²) in [4.78, 5) is 0. The third-order valence-corrected chi connectivity index (χ3v) is 4.68. The first-order valence-electron chi connectivity index (χ1n) is 9.04. The van der Waals surface area contributed by atoms with Gasteiger partial charge in [0, 0.05) is 17.1 Å². The molecule has 5 rings (SSSR count). The normalized spacial score (nSPS) is 10.9. The summed E-state index contributed by atoms with van der Waals surface area (Å²) in [5, 5.41) is 13.7. The number of pyridine rings is 1. The van der Waals surface area contributed by atoms with Crippen molar-refractivity contribution in [2.24, 2.45) is 0 Å². The minimum absolute atomic E-state index is 0.881. The van der Waals surface area contributed by atoms with Crippen LogP contribution in [0.4, 0.5) is 0 Å². The van der Waals surface area contributed by atoms with Gasteiger partial charge in [-0.15, -0.1) is 10.2 Å². The van der Waals surface area contributed by atoms with Gasteiger partial charge in [0.25, 0.3) is 0 Å². The van der Waals surface area contributed by atoms with Crippen LogP contribution in [0, 0.1) is 6.92 Å². The van der Waals surface area contributed by atoms with Gasteiger partial charge in [0.2, 0.25) is 0 Å². The summed E-state index contributed by atoms with van der Waals surface area (Å²) in [6.45, 7) is 6.14.